The van der Waals surface area contributed by atoms with Gasteiger partial charge in [-0.2, -0.15) is 0 Å². The number of methoxy groups -OCH3 is 1. The van der Waals surface area contributed by atoms with E-state index in [4.69, 9.17) is 0 Å². The lowest BCUT2D eigenvalue weighted by Gasteiger charge is -2.05. The number of fused-ring (bicyclic) bond motifs is 1. The van der Waals surface area contributed by atoms with Gasteiger partial charge >= 0.3 is 5.97 Å². The Bertz CT molecular complexity index is 644. The van der Waals surface area contributed by atoms with Gasteiger partial charge in [0.2, 0.25) is 5.16 Å². The van der Waals surface area contributed by atoms with Crippen molar-refractivity contribution in [2.45, 2.75) is 36.0 Å². The van der Waals surface area contributed by atoms with Gasteiger partial charge < -0.3 is 4.74 Å². The van der Waals surface area contributed by atoms with E-state index in [1.807, 2.05) is 0 Å². The molecule has 9 heteroatoms. The van der Waals surface area contributed by atoms with Crippen molar-refractivity contribution in [2.75, 3.05) is 7.11 Å². The fourth-order valence-electron chi connectivity index (χ4n) is 2.06. The highest BCUT2D eigenvalue weighted by Gasteiger charge is 2.20. The minimum absolute atomic E-state index is 0.0148. The van der Waals surface area contributed by atoms with Gasteiger partial charge in [0.15, 0.2) is 0 Å². The predicted octanol–water partition coefficient (Wildman–Crippen LogP) is 0.276. The minimum Gasteiger partial charge on any atom is -0.468 e. The largest absolute Gasteiger partial charge is 0.468 e. The summed E-state index contributed by atoms with van der Waals surface area (Å²) in [4.78, 5) is 19.9. The molecule has 0 saturated carbocycles. The maximum absolute atomic E-state index is 11.3. The normalized spacial score (nSPS) is 13.2. The number of carbonyl (C=O) groups is 1. The Hall–Kier alpha value is -2.03. The van der Waals surface area contributed by atoms with Crippen LogP contribution in [0.4, 0.5) is 0 Å². The molecule has 0 unspecified atom stereocenters. The van der Waals surface area contributed by atoms with Crippen LogP contribution in [0.1, 0.15) is 17.7 Å². The first-order valence-electron chi connectivity index (χ1n) is 6.11. The number of hydrogen-bond donors (Lipinski definition) is 0. The molecule has 0 bridgehead atoms. The molecule has 2 aromatic heterocycles. The van der Waals surface area contributed by atoms with E-state index in [2.05, 4.69) is 30.2 Å². The van der Waals surface area contributed by atoms with Crippen molar-refractivity contribution >= 4 is 17.7 Å². The van der Waals surface area contributed by atoms with Gasteiger partial charge in [-0.15, -0.1) is 5.10 Å². The van der Waals surface area contributed by atoms with E-state index in [-0.39, 0.29) is 6.54 Å². The molecule has 0 radical (unpaired) electrons. The predicted molar refractivity (Wildman–Crippen MR) is 68.0 cm³/mol. The third kappa shape index (κ3) is 2.48. The Morgan fingerprint density at radius 2 is 2.35 bits per heavy atom. The fourth-order valence-corrected chi connectivity index (χ4v) is 2.96. The second-order valence-electron chi connectivity index (χ2n) is 4.25. The Kier molecular flexibility index (Phi) is 3.59. The molecule has 2 heterocycles. The van der Waals surface area contributed by atoms with Crippen molar-refractivity contribution in [1.82, 2.24) is 30.2 Å². The van der Waals surface area contributed by atoms with E-state index < -0.39 is 5.97 Å². The van der Waals surface area contributed by atoms with E-state index >= 15 is 0 Å². The number of rotatable bonds is 4. The molecule has 1 aliphatic carbocycles. The molecule has 0 aliphatic heterocycles. The van der Waals surface area contributed by atoms with Crippen LogP contribution in [-0.4, -0.2) is 43.3 Å². The molecular formula is C11H12N6O2S. The Labute approximate surface area is 118 Å². The maximum Gasteiger partial charge on any atom is 0.327 e. The molecule has 0 N–H and O–H groups in total. The highest BCUT2D eigenvalue weighted by atomic mass is 32.2. The first kappa shape index (κ1) is 13.0. The first-order chi connectivity index (χ1) is 9.78. The zero-order valence-corrected chi connectivity index (χ0v) is 11.6. The van der Waals surface area contributed by atoms with Crippen LogP contribution >= 0.6 is 11.8 Å². The summed E-state index contributed by atoms with van der Waals surface area (Å²) in [5.74, 6) is -0.396. The third-order valence-corrected chi connectivity index (χ3v) is 4.05. The second-order valence-corrected chi connectivity index (χ2v) is 5.21. The van der Waals surface area contributed by atoms with Gasteiger partial charge in [-0.1, -0.05) is 0 Å². The zero-order valence-electron chi connectivity index (χ0n) is 10.8. The fraction of sp³-hybridized carbons (Fsp3) is 0.455. The molecule has 0 fully saturated rings. The van der Waals surface area contributed by atoms with E-state index in [0.29, 0.717) is 5.16 Å². The summed E-state index contributed by atoms with van der Waals surface area (Å²) in [6.07, 6.45) is 4.60. The van der Waals surface area contributed by atoms with Gasteiger partial charge in [0.05, 0.1) is 7.11 Å². The number of aryl methyl sites for hydroxylation is 1. The molecule has 3 rings (SSSR count). The molecule has 1 aliphatic rings. The standard InChI is InChI=1S/C11H12N6O2S/c1-19-9(18)5-17-11(14-15-16-17)20-10-7-3-2-4-8(7)12-6-13-10/h6H,2-5H2,1H3. The van der Waals surface area contributed by atoms with Crippen molar-refractivity contribution in [3.8, 4) is 0 Å². The van der Waals surface area contributed by atoms with Crippen LogP contribution < -0.4 is 0 Å². The summed E-state index contributed by atoms with van der Waals surface area (Å²) in [7, 11) is 1.33. The summed E-state index contributed by atoms with van der Waals surface area (Å²) in [6.45, 7) is -0.0148. The average molecular weight is 292 g/mol. The van der Waals surface area contributed by atoms with Gasteiger partial charge in [0, 0.05) is 11.3 Å². The number of ether oxygens (including phenoxy) is 1. The van der Waals surface area contributed by atoms with Gasteiger partial charge in [0.1, 0.15) is 17.9 Å². The molecule has 0 aromatic carbocycles. The lowest BCUT2D eigenvalue weighted by molar-refractivity contribution is -0.141. The lowest BCUT2D eigenvalue weighted by Crippen LogP contribution is -2.13. The number of tetrazole rings is 1. The Balaban J connectivity index is 1.84. The average Bonchev–Trinajstić information content (AvgIpc) is 3.09. The number of aromatic nitrogens is 6. The quantitative estimate of drug-likeness (QED) is 0.585. The summed E-state index contributed by atoms with van der Waals surface area (Å²) in [6, 6.07) is 0. The van der Waals surface area contributed by atoms with Crippen molar-refractivity contribution in [3.63, 3.8) is 0 Å². The van der Waals surface area contributed by atoms with E-state index in [1.54, 1.807) is 6.33 Å². The minimum atomic E-state index is -0.396. The number of carbonyl (C=O) groups excluding carboxylic acids is 1. The Morgan fingerprint density at radius 3 is 3.20 bits per heavy atom. The molecule has 104 valence electrons. The SMILES string of the molecule is COC(=O)Cn1nnnc1Sc1ncnc2c1CCC2. The van der Waals surface area contributed by atoms with Crippen molar-refractivity contribution in [3.05, 3.63) is 17.6 Å². The topological polar surface area (TPSA) is 95.7 Å². The lowest BCUT2D eigenvalue weighted by atomic mass is 10.3. The van der Waals surface area contributed by atoms with Crippen molar-refractivity contribution < 1.29 is 9.53 Å². The Morgan fingerprint density at radius 1 is 1.45 bits per heavy atom. The van der Waals surface area contributed by atoms with E-state index in [0.717, 1.165) is 35.5 Å². The van der Waals surface area contributed by atoms with Crippen LogP contribution in [0.3, 0.4) is 0 Å². The van der Waals surface area contributed by atoms with E-state index in [1.165, 1.54) is 23.6 Å². The molecular weight excluding hydrogens is 280 g/mol. The molecule has 20 heavy (non-hydrogen) atoms. The van der Waals surface area contributed by atoms with Crippen LogP contribution in [0.5, 0.6) is 0 Å². The van der Waals surface area contributed by atoms with Gasteiger partial charge in [-0.25, -0.2) is 14.6 Å². The van der Waals surface area contributed by atoms with Gasteiger partial charge in [-0.05, 0) is 41.5 Å². The number of hydrogen-bond acceptors (Lipinski definition) is 8. The number of nitrogens with zero attached hydrogens (tertiary/aromatic N) is 6. The smallest absolute Gasteiger partial charge is 0.327 e. The zero-order chi connectivity index (χ0) is 13.9. The molecule has 0 amide bonds. The maximum atomic E-state index is 11.3. The molecule has 0 atom stereocenters. The van der Waals surface area contributed by atoms with Crippen LogP contribution in [0.25, 0.3) is 0 Å². The second kappa shape index (κ2) is 5.53. The van der Waals surface area contributed by atoms with Crippen LogP contribution in [0.15, 0.2) is 16.5 Å². The molecule has 0 spiro atoms. The highest BCUT2D eigenvalue weighted by Crippen LogP contribution is 2.31. The molecule has 2 aromatic rings. The van der Waals surface area contributed by atoms with Crippen LogP contribution in [0, 0.1) is 0 Å². The monoisotopic (exact) mass is 292 g/mol. The van der Waals surface area contributed by atoms with Crippen LogP contribution in [0.2, 0.25) is 0 Å². The van der Waals surface area contributed by atoms with E-state index in [9.17, 15) is 4.79 Å². The summed E-state index contributed by atoms with van der Waals surface area (Å²) in [5.41, 5.74) is 2.25. The van der Waals surface area contributed by atoms with Crippen molar-refractivity contribution in [2.24, 2.45) is 0 Å². The summed E-state index contributed by atoms with van der Waals surface area (Å²) in [5, 5.41) is 12.7. The van der Waals surface area contributed by atoms with Gasteiger partial charge in [-0.3, -0.25) is 4.79 Å². The van der Waals surface area contributed by atoms with Crippen LogP contribution in [-0.2, 0) is 28.9 Å². The van der Waals surface area contributed by atoms with Gasteiger partial charge in [0.25, 0.3) is 0 Å². The van der Waals surface area contributed by atoms with Crippen molar-refractivity contribution in [1.29, 1.82) is 0 Å². The third-order valence-electron chi connectivity index (χ3n) is 3.03. The molecule has 8 nitrogen and oxygen atoms in total. The molecule has 0 saturated heterocycles. The number of esters is 1. The summed E-state index contributed by atoms with van der Waals surface area (Å²) >= 11 is 1.35. The summed E-state index contributed by atoms with van der Waals surface area (Å²) < 4.78 is 6.02. The first-order valence-corrected chi connectivity index (χ1v) is 6.93. The highest BCUT2D eigenvalue weighted by molar-refractivity contribution is 7.99.